The van der Waals surface area contributed by atoms with Gasteiger partial charge < -0.3 is 10.6 Å². The van der Waals surface area contributed by atoms with Gasteiger partial charge in [-0.1, -0.05) is 71.7 Å². The van der Waals surface area contributed by atoms with Crippen LogP contribution >= 0.6 is 23.2 Å². The number of halogens is 2. The van der Waals surface area contributed by atoms with Crippen molar-refractivity contribution in [3.8, 4) is 0 Å². The number of carbonyl (C=O) groups is 2. The lowest BCUT2D eigenvalue weighted by atomic mass is 10.1. The molecule has 0 aromatic heterocycles. The van der Waals surface area contributed by atoms with Gasteiger partial charge in [-0.15, -0.1) is 0 Å². The van der Waals surface area contributed by atoms with E-state index in [1.54, 1.807) is 48.5 Å². The Morgan fingerprint density at radius 2 is 1.36 bits per heavy atom. The zero-order valence-electron chi connectivity index (χ0n) is 14.7. The van der Waals surface area contributed by atoms with E-state index in [2.05, 4.69) is 10.6 Å². The third kappa shape index (κ3) is 5.46. The van der Waals surface area contributed by atoms with Crippen LogP contribution < -0.4 is 10.6 Å². The molecule has 0 bridgehead atoms. The Hall–Kier alpha value is -3.08. The number of carbonyl (C=O) groups excluding carboxylic acids is 2. The maximum absolute atomic E-state index is 12.8. The van der Waals surface area contributed by atoms with Crippen molar-refractivity contribution in [2.45, 2.75) is 0 Å². The Labute approximate surface area is 172 Å². The first-order valence-corrected chi connectivity index (χ1v) is 9.17. The van der Waals surface area contributed by atoms with Crippen LogP contribution in [-0.4, -0.2) is 11.8 Å². The highest BCUT2D eigenvalue weighted by Gasteiger charge is 2.15. The predicted molar refractivity (Wildman–Crippen MR) is 113 cm³/mol. The molecule has 2 amide bonds. The number of benzene rings is 3. The summed E-state index contributed by atoms with van der Waals surface area (Å²) in [6, 6.07) is 22.6. The van der Waals surface area contributed by atoms with Crippen molar-refractivity contribution >= 4 is 46.8 Å². The van der Waals surface area contributed by atoms with Crippen LogP contribution in [-0.2, 0) is 4.79 Å². The van der Waals surface area contributed by atoms with E-state index in [4.69, 9.17) is 23.2 Å². The quantitative estimate of drug-likeness (QED) is 0.552. The van der Waals surface area contributed by atoms with E-state index < -0.39 is 5.91 Å². The Bertz CT molecular complexity index is 999. The van der Waals surface area contributed by atoms with E-state index >= 15 is 0 Å². The zero-order chi connectivity index (χ0) is 19.9. The van der Waals surface area contributed by atoms with Crippen molar-refractivity contribution in [3.63, 3.8) is 0 Å². The lowest BCUT2D eigenvalue weighted by Gasteiger charge is -2.12. The first-order chi connectivity index (χ1) is 13.5. The molecule has 0 fully saturated rings. The molecule has 0 unspecified atom stereocenters. The molecule has 140 valence electrons. The molecule has 0 aliphatic carbocycles. The lowest BCUT2D eigenvalue weighted by molar-refractivity contribution is -0.113. The third-order valence-corrected chi connectivity index (χ3v) is 4.20. The van der Waals surface area contributed by atoms with Crippen molar-refractivity contribution < 1.29 is 9.59 Å². The summed E-state index contributed by atoms with van der Waals surface area (Å²) in [4.78, 5) is 25.4. The maximum Gasteiger partial charge on any atom is 0.272 e. The van der Waals surface area contributed by atoms with Gasteiger partial charge in [-0.05, 0) is 42.0 Å². The molecule has 0 spiro atoms. The van der Waals surface area contributed by atoms with Gasteiger partial charge in [0.1, 0.15) is 5.70 Å². The summed E-state index contributed by atoms with van der Waals surface area (Å²) in [5.74, 6) is -0.881. The van der Waals surface area contributed by atoms with E-state index in [1.807, 2.05) is 36.4 Å². The maximum atomic E-state index is 12.8. The lowest BCUT2D eigenvalue weighted by Crippen LogP contribution is -2.30. The fourth-order valence-corrected chi connectivity index (χ4v) is 3.01. The molecule has 0 aliphatic heterocycles. The van der Waals surface area contributed by atoms with Crippen molar-refractivity contribution in [1.29, 1.82) is 0 Å². The highest BCUT2D eigenvalue weighted by molar-refractivity contribution is 6.35. The Balaban J connectivity index is 1.88. The van der Waals surface area contributed by atoms with Gasteiger partial charge in [0.15, 0.2) is 0 Å². The second kappa shape index (κ2) is 9.22. The molecule has 0 atom stereocenters. The zero-order valence-corrected chi connectivity index (χ0v) is 16.2. The summed E-state index contributed by atoms with van der Waals surface area (Å²) in [7, 11) is 0. The molecule has 28 heavy (non-hydrogen) atoms. The molecular formula is C22H16Cl2N2O2. The normalized spacial score (nSPS) is 11.0. The SMILES string of the molecule is O=C(Nc1cc(Cl)cc(Cl)c1)C(=Cc1ccccc1)NC(=O)c1ccccc1. The van der Waals surface area contributed by atoms with Gasteiger partial charge >= 0.3 is 0 Å². The van der Waals surface area contributed by atoms with Gasteiger partial charge in [0.25, 0.3) is 11.8 Å². The van der Waals surface area contributed by atoms with Gasteiger partial charge in [-0.25, -0.2) is 0 Å². The summed E-state index contributed by atoms with van der Waals surface area (Å²) in [5.41, 5.74) is 1.73. The van der Waals surface area contributed by atoms with Crippen molar-refractivity contribution in [1.82, 2.24) is 5.32 Å². The van der Waals surface area contributed by atoms with Crippen LogP contribution in [0, 0.1) is 0 Å². The van der Waals surface area contributed by atoms with Crippen LogP contribution in [0.5, 0.6) is 0 Å². The largest absolute Gasteiger partial charge is 0.321 e. The van der Waals surface area contributed by atoms with E-state index in [0.717, 1.165) is 5.56 Å². The average Bonchev–Trinajstić information content (AvgIpc) is 2.68. The van der Waals surface area contributed by atoms with E-state index in [1.165, 1.54) is 0 Å². The summed E-state index contributed by atoms with van der Waals surface area (Å²) >= 11 is 12.0. The van der Waals surface area contributed by atoms with Crippen LogP contribution in [0.25, 0.3) is 6.08 Å². The Morgan fingerprint density at radius 1 is 0.786 bits per heavy atom. The van der Waals surface area contributed by atoms with Gasteiger partial charge in [0.05, 0.1) is 0 Å². The monoisotopic (exact) mass is 410 g/mol. The number of hydrogen-bond donors (Lipinski definition) is 2. The number of nitrogens with one attached hydrogen (secondary N) is 2. The standard InChI is InChI=1S/C22H16Cl2N2O2/c23-17-12-18(24)14-19(13-17)25-22(28)20(11-15-7-3-1-4-8-15)26-21(27)16-9-5-2-6-10-16/h1-14H,(H,25,28)(H,26,27). The summed E-state index contributed by atoms with van der Waals surface area (Å²) in [6.45, 7) is 0. The van der Waals surface area contributed by atoms with E-state index in [0.29, 0.717) is 21.3 Å². The van der Waals surface area contributed by atoms with Gasteiger partial charge in [0.2, 0.25) is 0 Å². The molecule has 3 rings (SSSR count). The third-order valence-electron chi connectivity index (χ3n) is 3.76. The number of rotatable bonds is 5. The highest BCUT2D eigenvalue weighted by Crippen LogP contribution is 2.23. The smallest absolute Gasteiger partial charge is 0.272 e. The molecule has 0 aliphatic rings. The van der Waals surface area contributed by atoms with Gasteiger partial charge in [0, 0.05) is 21.3 Å². The first kappa shape index (κ1) is 19.7. The summed E-state index contributed by atoms with van der Waals surface area (Å²) in [5, 5.41) is 6.17. The van der Waals surface area contributed by atoms with Crippen LogP contribution in [0.15, 0.2) is 84.6 Å². The minimum absolute atomic E-state index is 0.0937. The fraction of sp³-hybridized carbons (Fsp3) is 0. The predicted octanol–water partition coefficient (Wildman–Crippen LogP) is 5.40. The number of amides is 2. The molecule has 4 nitrogen and oxygen atoms in total. The average molecular weight is 411 g/mol. The van der Waals surface area contributed by atoms with Gasteiger partial charge in [-0.3, -0.25) is 9.59 Å². The topological polar surface area (TPSA) is 58.2 Å². The molecule has 2 N–H and O–H groups in total. The second-order valence-corrected chi connectivity index (χ2v) is 6.77. The summed E-state index contributed by atoms with van der Waals surface area (Å²) in [6.07, 6.45) is 1.60. The Morgan fingerprint density at radius 3 is 1.96 bits per heavy atom. The van der Waals surface area contributed by atoms with Crippen LogP contribution in [0.2, 0.25) is 10.0 Å². The minimum Gasteiger partial charge on any atom is -0.321 e. The van der Waals surface area contributed by atoms with Crippen LogP contribution in [0.4, 0.5) is 5.69 Å². The van der Waals surface area contributed by atoms with Crippen LogP contribution in [0.3, 0.4) is 0 Å². The minimum atomic E-state index is -0.494. The molecule has 0 radical (unpaired) electrons. The Kier molecular flexibility index (Phi) is 6.48. The molecule has 0 saturated heterocycles. The molecule has 0 heterocycles. The molecule has 6 heteroatoms. The van der Waals surface area contributed by atoms with E-state index in [9.17, 15) is 9.59 Å². The molecule has 3 aromatic rings. The van der Waals surface area contributed by atoms with Crippen molar-refractivity contribution in [3.05, 3.63) is 106 Å². The van der Waals surface area contributed by atoms with Crippen LogP contribution in [0.1, 0.15) is 15.9 Å². The second-order valence-electron chi connectivity index (χ2n) is 5.90. The first-order valence-electron chi connectivity index (χ1n) is 8.42. The molecular weight excluding hydrogens is 395 g/mol. The highest BCUT2D eigenvalue weighted by atomic mass is 35.5. The van der Waals surface area contributed by atoms with Crippen molar-refractivity contribution in [2.24, 2.45) is 0 Å². The number of hydrogen-bond acceptors (Lipinski definition) is 2. The van der Waals surface area contributed by atoms with E-state index in [-0.39, 0.29) is 11.6 Å². The molecule has 0 saturated carbocycles. The molecule has 3 aromatic carbocycles. The number of anilines is 1. The fourth-order valence-electron chi connectivity index (χ4n) is 2.48. The summed E-state index contributed by atoms with van der Waals surface area (Å²) < 4.78 is 0. The van der Waals surface area contributed by atoms with Gasteiger partial charge in [-0.2, -0.15) is 0 Å². The van der Waals surface area contributed by atoms with Crippen molar-refractivity contribution in [2.75, 3.05) is 5.32 Å².